The van der Waals surface area contributed by atoms with Crippen molar-refractivity contribution in [2.45, 2.75) is 13.5 Å². The minimum Gasteiger partial charge on any atom is -0.326 e. The summed E-state index contributed by atoms with van der Waals surface area (Å²) in [5.74, 6) is -0.134. The van der Waals surface area contributed by atoms with Gasteiger partial charge in [-0.3, -0.25) is 9.69 Å². The number of hydrogen-bond acceptors (Lipinski definition) is 2. The zero-order chi connectivity index (χ0) is 19.1. The summed E-state index contributed by atoms with van der Waals surface area (Å²) in [5.41, 5.74) is 3.19. The molecular formula is C22H21N3O2. The van der Waals surface area contributed by atoms with Gasteiger partial charge in [-0.25, -0.2) is 4.79 Å². The number of amides is 3. The van der Waals surface area contributed by atoms with Crippen molar-refractivity contribution in [3.63, 3.8) is 0 Å². The van der Waals surface area contributed by atoms with Gasteiger partial charge in [0.25, 0.3) is 0 Å². The average Bonchev–Trinajstić information content (AvgIpc) is 2.68. The third kappa shape index (κ3) is 5.19. The lowest BCUT2D eigenvalue weighted by atomic mass is 10.2. The maximum atomic E-state index is 12.9. The molecule has 2 N–H and O–H groups in total. The Bertz CT molecular complexity index is 894. The molecule has 0 aliphatic heterocycles. The quantitative estimate of drug-likeness (QED) is 0.682. The second kappa shape index (κ2) is 8.67. The van der Waals surface area contributed by atoms with Crippen LogP contribution in [0.4, 0.5) is 21.9 Å². The molecule has 0 aliphatic carbocycles. The molecule has 5 nitrogen and oxygen atoms in total. The van der Waals surface area contributed by atoms with Gasteiger partial charge in [0.1, 0.15) is 0 Å². The fourth-order valence-electron chi connectivity index (χ4n) is 2.69. The largest absolute Gasteiger partial charge is 0.326 e. The van der Waals surface area contributed by atoms with Crippen LogP contribution >= 0.6 is 0 Å². The number of para-hydroxylation sites is 1. The first-order chi connectivity index (χ1) is 13.1. The van der Waals surface area contributed by atoms with Crippen molar-refractivity contribution in [1.29, 1.82) is 0 Å². The van der Waals surface area contributed by atoms with Gasteiger partial charge in [-0.2, -0.15) is 0 Å². The van der Waals surface area contributed by atoms with Crippen LogP contribution in [0.3, 0.4) is 0 Å². The molecule has 0 saturated carbocycles. The molecule has 27 heavy (non-hydrogen) atoms. The lowest BCUT2D eigenvalue weighted by Gasteiger charge is -2.23. The molecule has 0 fully saturated rings. The predicted molar refractivity (Wildman–Crippen MR) is 109 cm³/mol. The van der Waals surface area contributed by atoms with E-state index in [0.717, 1.165) is 11.3 Å². The third-order valence-corrected chi connectivity index (χ3v) is 3.95. The number of benzene rings is 3. The summed E-state index contributed by atoms with van der Waals surface area (Å²) in [5, 5.41) is 5.62. The summed E-state index contributed by atoms with van der Waals surface area (Å²) < 4.78 is 0. The topological polar surface area (TPSA) is 61.4 Å². The number of hydrogen-bond donors (Lipinski definition) is 2. The van der Waals surface area contributed by atoms with Crippen molar-refractivity contribution < 1.29 is 9.59 Å². The summed E-state index contributed by atoms with van der Waals surface area (Å²) in [6.45, 7) is 1.91. The molecule has 0 aliphatic rings. The van der Waals surface area contributed by atoms with Crippen LogP contribution in [0.2, 0.25) is 0 Å². The number of carbonyl (C=O) groups is 2. The van der Waals surface area contributed by atoms with Crippen molar-refractivity contribution in [2.24, 2.45) is 0 Å². The summed E-state index contributed by atoms with van der Waals surface area (Å²) in [4.78, 5) is 25.7. The van der Waals surface area contributed by atoms with E-state index in [1.807, 2.05) is 60.7 Å². The van der Waals surface area contributed by atoms with Crippen molar-refractivity contribution in [2.75, 3.05) is 15.5 Å². The van der Waals surface area contributed by atoms with Crippen LogP contribution < -0.4 is 15.5 Å². The van der Waals surface area contributed by atoms with E-state index in [-0.39, 0.29) is 11.9 Å². The van der Waals surface area contributed by atoms with Gasteiger partial charge in [-0.05, 0) is 42.0 Å². The molecule has 136 valence electrons. The van der Waals surface area contributed by atoms with Crippen LogP contribution in [0.1, 0.15) is 12.5 Å². The lowest BCUT2D eigenvalue weighted by molar-refractivity contribution is -0.114. The predicted octanol–water partition coefficient (Wildman–Crippen LogP) is 4.88. The Hall–Kier alpha value is -3.60. The van der Waals surface area contributed by atoms with E-state index in [4.69, 9.17) is 0 Å². The summed E-state index contributed by atoms with van der Waals surface area (Å²) in [6.07, 6.45) is 0. The Labute approximate surface area is 158 Å². The number of urea groups is 1. The van der Waals surface area contributed by atoms with Crippen LogP contribution in [-0.4, -0.2) is 11.9 Å². The van der Waals surface area contributed by atoms with E-state index >= 15 is 0 Å². The third-order valence-electron chi connectivity index (χ3n) is 3.95. The Morgan fingerprint density at radius 1 is 0.741 bits per heavy atom. The minimum absolute atomic E-state index is 0.134. The molecule has 0 heterocycles. The summed E-state index contributed by atoms with van der Waals surface area (Å²) in [7, 11) is 0. The van der Waals surface area contributed by atoms with Crippen LogP contribution in [-0.2, 0) is 11.3 Å². The van der Waals surface area contributed by atoms with E-state index < -0.39 is 0 Å². The van der Waals surface area contributed by atoms with Crippen LogP contribution in [0.5, 0.6) is 0 Å². The van der Waals surface area contributed by atoms with E-state index in [9.17, 15) is 9.59 Å². The summed E-state index contributed by atoms with van der Waals surface area (Å²) in [6, 6.07) is 26.2. The van der Waals surface area contributed by atoms with Gasteiger partial charge in [0.2, 0.25) is 5.91 Å². The van der Waals surface area contributed by atoms with E-state index in [0.29, 0.717) is 17.9 Å². The van der Waals surface area contributed by atoms with Gasteiger partial charge in [-0.15, -0.1) is 0 Å². The first-order valence-electron chi connectivity index (χ1n) is 8.67. The highest BCUT2D eigenvalue weighted by Gasteiger charge is 2.16. The van der Waals surface area contributed by atoms with Gasteiger partial charge in [0.05, 0.1) is 6.54 Å². The highest BCUT2D eigenvalue weighted by Crippen LogP contribution is 2.20. The van der Waals surface area contributed by atoms with Crippen molar-refractivity contribution in [1.82, 2.24) is 0 Å². The monoisotopic (exact) mass is 359 g/mol. The normalized spacial score (nSPS) is 10.1. The molecule has 0 aromatic heterocycles. The smallest absolute Gasteiger partial charge is 0.326 e. The Kier molecular flexibility index (Phi) is 5.84. The molecular weight excluding hydrogens is 338 g/mol. The summed E-state index contributed by atoms with van der Waals surface area (Å²) >= 11 is 0. The molecule has 3 amide bonds. The fourth-order valence-corrected chi connectivity index (χ4v) is 2.69. The van der Waals surface area contributed by atoms with Gasteiger partial charge < -0.3 is 10.6 Å². The second-order valence-corrected chi connectivity index (χ2v) is 6.10. The highest BCUT2D eigenvalue weighted by molar-refractivity contribution is 6.01. The molecule has 3 aromatic carbocycles. The van der Waals surface area contributed by atoms with E-state index in [1.54, 1.807) is 29.2 Å². The molecule has 0 radical (unpaired) electrons. The number of carbonyl (C=O) groups excluding carboxylic acids is 2. The molecule has 0 saturated heterocycles. The van der Waals surface area contributed by atoms with Gasteiger partial charge in [-0.1, -0.05) is 48.5 Å². The number of nitrogens with zero attached hydrogens (tertiary/aromatic N) is 1. The standard InChI is InChI=1S/C22H21N3O2/c1-17(26)23-19-12-14-20(15-13-19)24-22(27)25(21-10-6-3-7-11-21)16-18-8-4-2-5-9-18/h2-15H,16H2,1H3,(H,23,26)(H,24,27). The number of rotatable bonds is 5. The van der Waals surface area contributed by atoms with Gasteiger partial charge >= 0.3 is 6.03 Å². The SMILES string of the molecule is CC(=O)Nc1ccc(NC(=O)N(Cc2ccccc2)c2ccccc2)cc1. The van der Waals surface area contributed by atoms with Gasteiger partial charge in [0, 0.05) is 24.0 Å². The maximum absolute atomic E-state index is 12.9. The molecule has 5 heteroatoms. The second-order valence-electron chi connectivity index (χ2n) is 6.10. The Morgan fingerprint density at radius 3 is 1.81 bits per heavy atom. The van der Waals surface area contributed by atoms with Gasteiger partial charge in [0.15, 0.2) is 0 Å². The fraction of sp³-hybridized carbons (Fsp3) is 0.0909. The van der Waals surface area contributed by atoms with Crippen molar-refractivity contribution in [3.05, 3.63) is 90.5 Å². The maximum Gasteiger partial charge on any atom is 0.326 e. The highest BCUT2D eigenvalue weighted by atomic mass is 16.2. The van der Waals surface area contributed by atoms with E-state index in [1.165, 1.54) is 6.92 Å². The molecule has 3 aromatic rings. The molecule has 0 atom stereocenters. The minimum atomic E-state index is -0.225. The Morgan fingerprint density at radius 2 is 1.26 bits per heavy atom. The van der Waals surface area contributed by atoms with Crippen molar-refractivity contribution >= 4 is 29.0 Å². The number of anilines is 3. The zero-order valence-electron chi connectivity index (χ0n) is 15.1. The first kappa shape index (κ1) is 18.2. The molecule has 0 bridgehead atoms. The zero-order valence-corrected chi connectivity index (χ0v) is 15.1. The molecule has 0 spiro atoms. The van der Waals surface area contributed by atoms with E-state index in [2.05, 4.69) is 10.6 Å². The van der Waals surface area contributed by atoms with Crippen LogP contribution in [0.25, 0.3) is 0 Å². The molecule has 3 rings (SSSR count). The Balaban J connectivity index is 1.77. The van der Waals surface area contributed by atoms with Crippen LogP contribution in [0, 0.1) is 0 Å². The lowest BCUT2D eigenvalue weighted by Crippen LogP contribution is -2.34. The van der Waals surface area contributed by atoms with Crippen molar-refractivity contribution in [3.8, 4) is 0 Å². The average molecular weight is 359 g/mol. The van der Waals surface area contributed by atoms with Crippen LogP contribution in [0.15, 0.2) is 84.9 Å². The first-order valence-corrected chi connectivity index (χ1v) is 8.67. The number of nitrogens with one attached hydrogen (secondary N) is 2. The molecule has 0 unspecified atom stereocenters.